The van der Waals surface area contributed by atoms with Crippen LogP contribution in [-0.4, -0.2) is 102 Å². The minimum absolute atomic E-state index is 0.0484. The van der Waals surface area contributed by atoms with Crippen molar-refractivity contribution in [3.05, 3.63) is 0 Å². The summed E-state index contributed by atoms with van der Waals surface area (Å²) in [5.41, 5.74) is 0. The predicted molar refractivity (Wildman–Crippen MR) is 74.8 cm³/mol. The largest absolute Gasteiger partial charge is 0.480 e. The van der Waals surface area contributed by atoms with Crippen molar-refractivity contribution in [2.75, 3.05) is 52.9 Å². The molecule has 2 aliphatic rings. The van der Waals surface area contributed by atoms with Gasteiger partial charge in [-0.1, -0.05) is 0 Å². The monoisotopic (exact) mass is 298 g/mol. The van der Waals surface area contributed by atoms with Crippen LogP contribution >= 0.6 is 0 Å². The van der Waals surface area contributed by atoms with Crippen LogP contribution in [0, 0.1) is 0 Å². The van der Waals surface area contributed by atoms with Gasteiger partial charge in [0.2, 0.25) is 5.91 Å². The van der Waals surface area contributed by atoms with Gasteiger partial charge < -0.3 is 19.8 Å². The lowest BCUT2D eigenvalue weighted by atomic mass is 10.2. The lowest BCUT2D eigenvalue weighted by molar-refractivity contribution is -0.143. The molecule has 118 valence electrons. The van der Waals surface area contributed by atoms with Gasteiger partial charge >= 0.3 is 12.0 Å². The third kappa shape index (κ3) is 3.44. The first-order chi connectivity index (χ1) is 9.90. The number of carbonyl (C=O) groups is 3. The highest BCUT2D eigenvalue weighted by atomic mass is 16.4. The maximum absolute atomic E-state index is 12.4. The van der Waals surface area contributed by atoms with Crippen LogP contribution in [-0.2, 0) is 9.59 Å². The number of amides is 3. The molecule has 0 aromatic heterocycles. The minimum Gasteiger partial charge on any atom is -0.480 e. The Morgan fingerprint density at radius 1 is 1.05 bits per heavy atom. The summed E-state index contributed by atoms with van der Waals surface area (Å²) in [5.74, 6) is -0.896. The molecule has 0 spiro atoms. The summed E-state index contributed by atoms with van der Waals surface area (Å²) in [5, 5.41) is 8.99. The number of aliphatic carboxylic acids is 1. The maximum Gasteiger partial charge on any atom is 0.320 e. The molecule has 21 heavy (non-hydrogen) atoms. The SMILES string of the molecule is CC(C(=O)O)N1CCN(C(=O)N2CCN(C)C(=O)C2)CC1. The van der Waals surface area contributed by atoms with E-state index in [2.05, 4.69) is 0 Å². The summed E-state index contributed by atoms with van der Waals surface area (Å²) in [4.78, 5) is 41.7. The van der Waals surface area contributed by atoms with Gasteiger partial charge in [-0.05, 0) is 6.92 Å². The topological polar surface area (TPSA) is 84.4 Å². The number of nitrogens with zero attached hydrogens (tertiary/aromatic N) is 4. The second-order valence-corrected chi connectivity index (χ2v) is 5.56. The zero-order valence-electron chi connectivity index (χ0n) is 12.5. The first-order valence-electron chi connectivity index (χ1n) is 7.15. The highest BCUT2D eigenvalue weighted by Gasteiger charge is 2.31. The molecule has 0 aliphatic carbocycles. The smallest absolute Gasteiger partial charge is 0.320 e. The van der Waals surface area contributed by atoms with E-state index in [0.717, 1.165) is 0 Å². The standard InChI is InChI=1S/C13H22N4O4/c1-10(12(19)20)15-5-7-16(8-6-15)13(21)17-4-3-14(2)11(18)9-17/h10H,3-9H2,1-2H3,(H,19,20). The van der Waals surface area contributed by atoms with Crippen molar-refractivity contribution in [2.24, 2.45) is 0 Å². The van der Waals surface area contributed by atoms with Crippen LogP contribution in [0.15, 0.2) is 0 Å². The lowest BCUT2D eigenvalue weighted by Crippen LogP contribution is -2.59. The maximum atomic E-state index is 12.4. The van der Waals surface area contributed by atoms with E-state index in [1.54, 1.807) is 28.7 Å². The van der Waals surface area contributed by atoms with E-state index in [1.165, 1.54) is 0 Å². The van der Waals surface area contributed by atoms with Crippen molar-refractivity contribution >= 4 is 17.9 Å². The molecular weight excluding hydrogens is 276 g/mol. The number of piperazine rings is 2. The third-order valence-electron chi connectivity index (χ3n) is 4.22. The number of carboxylic acid groups (broad SMARTS) is 1. The van der Waals surface area contributed by atoms with E-state index in [1.807, 2.05) is 4.90 Å². The number of likely N-dealkylation sites (N-methyl/N-ethyl adjacent to an activating group) is 1. The Morgan fingerprint density at radius 2 is 1.62 bits per heavy atom. The molecule has 3 amide bonds. The van der Waals surface area contributed by atoms with E-state index < -0.39 is 12.0 Å². The van der Waals surface area contributed by atoms with Crippen molar-refractivity contribution in [3.63, 3.8) is 0 Å². The average Bonchev–Trinajstić information content (AvgIpc) is 2.48. The molecule has 2 heterocycles. The summed E-state index contributed by atoms with van der Waals surface area (Å²) in [6.07, 6.45) is 0. The highest BCUT2D eigenvalue weighted by Crippen LogP contribution is 2.11. The number of urea groups is 1. The van der Waals surface area contributed by atoms with Crippen LogP contribution in [0.4, 0.5) is 4.79 Å². The molecule has 8 nitrogen and oxygen atoms in total. The zero-order chi connectivity index (χ0) is 15.6. The first kappa shape index (κ1) is 15.6. The van der Waals surface area contributed by atoms with Gasteiger partial charge in [0.05, 0.1) is 0 Å². The Bertz CT molecular complexity index is 434. The molecule has 1 N–H and O–H groups in total. The fourth-order valence-corrected chi connectivity index (χ4v) is 2.58. The van der Waals surface area contributed by atoms with E-state index in [9.17, 15) is 14.4 Å². The van der Waals surface area contributed by atoms with Crippen molar-refractivity contribution < 1.29 is 19.5 Å². The van der Waals surface area contributed by atoms with Gasteiger partial charge in [0.25, 0.3) is 0 Å². The molecular formula is C13H22N4O4. The van der Waals surface area contributed by atoms with Crippen molar-refractivity contribution in [1.82, 2.24) is 19.6 Å². The van der Waals surface area contributed by atoms with Crippen LogP contribution in [0.1, 0.15) is 6.92 Å². The van der Waals surface area contributed by atoms with Crippen molar-refractivity contribution in [3.8, 4) is 0 Å². The lowest BCUT2D eigenvalue weighted by Gasteiger charge is -2.40. The summed E-state index contributed by atoms with van der Waals surface area (Å²) in [6.45, 7) is 4.96. The van der Waals surface area contributed by atoms with Crippen LogP contribution in [0.2, 0.25) is 0 Å². The van der Waals surface area contributed by atoms with Crippen LogP contribution in [0.5, 0.6) is 0 Å². The van der Waals surface area contributed by atoms with Gasteiger partial charge in [-0.15, -0.1) is 0 Å². The zero-order valence-corrected chi connectivity index (χ0v) is 12.5. The normalized spacial score (nSPS) is 22.4. The summed E-state index contributed by atoms with van der Waals surface area (Å²) in [6, 6.07) is -0.661. The number of rotatable bonds is 2. The van der Waals surface area contributed by atoms with Gasteiger partial charge in [0.15, 0.2) is 0 Å². The molecule has 1 unspecified atom stereocenters. The molecule has 1 atom stereocenters. The number of carbonyl (C=O) groups excluding carboxylic acids is 2. The Kier molecular flexibility index (Phi) is 4.66. The fourth-order valence-electron chi connectivity index (χ4n) is 2.58. The first-order valence-corrected chi connectivity index (χ1v) is 7.15. The molecule has 8 heteroatoms. The molecule has 2 rings (SSSR count). The molecule has 2 aliphatic heterocycles. The van der Waals surface area contributed by atoms with Crippen LogP contribution in [0.25, 0.3) is 0 Å². The predicted octanol–water partition coefficient (Wildman–Crippen LogP) is -1.03. The van der Waals surface area contributed by atoms with Crippen LogP contribution < -0.4 is 0 Å². The molecule has 2 saturated heterocycles. The Labute approximate surface area is 123 Å². The number of hydrogen-bond acceptors (Lipinski definition) is 4. The molecule has 0 bridgehead atoms. The number of hydrogen-bond donors (Lipinski definition) is 1. The van der Waals surface area contributed by atoms with Gasteiger partial charge in [0, 0.05) is 46.3 Å². The third-order valence-corrected chi connectivity index (χ3v) is 4.22. The number of carboxylic acids is 1. The van der Waals surface area contributed by atoms with E-state index in [4.69, 9.17) is 5.11 Å². The van der Waals surface area contributed by atoms with Gasteiger partial charge in [-0.3, -0.25) is 14.5 Å². The van der Waals surface area contributed by atoms with E-state index in [-0.39, 0.29) is 18.5 Å². The summed E-state index contributed by atoms with van der Waals surface area (Å²) >= 11 is 0. The summed E-state index contributed by atoms with van der Waals surface area (Å²) < 4.78 is 0. The fraction of sp³-hybridized carbons (Fsp3) is 0.769. The molecule has 0 aromatic carbocycles. The molecule has 0 radical (unpaired) electrons. The summed E-state index contributed by atoms with van der Waals surface area (Å²) in [7, 11) is 1.73. The van der Waals surface area contributed by atoms with Gasteiger partial charge in [-0.2, -0.15) is 0 Å². The van der Waals surface area contributed by atoms with Crippen molar-refractivity contribution in [2.45, 2.75) is 13.0 Å². The molecule has 0 aromatic rings. The minimum atomic E-state index is -0.848. The van der Waals surface area contributed by atoms with E-state index in [0.29, 0.717) is 39.3 Å². The second kappa shape index (κ2) is 6.30. The Balaban J connectivity index is 1.86. The Morgan fingerprint density at radius 3 is 2.14 bits per heavy atom. The molecule has 0 saturated carbocycles. The quantitative estimate of drug-likeness (QED) is 0.705. The average molecular weight is 298 g/mol. The van der Waals surface area contributed by atoms with Crippen LogP contribution in [0.3, 0.4) is 0 Å². The van der Waals surface area contributed by atoms with E-state index >= 15 is 0 Å². The van der Waals surface area contributed by atoms with Gasteiger partial charge in [-0.25, -0.2) is 4.79 Å². The Hall–Kier alpha value is -1.83. The molecule has 2 fully saturated rings. The van der Waals surface area contributed by atoms with Gasteiger partial charge in [0.1, 0.15) is 12.6 Å². The van der Waals surface area contributed by atoms with Crippen molar-refractivity contribution in [1.29, 1.82) is 0 Å². The highest BCUT2D eigenvalue weighted by molar-refractivity contribution is 5.85. The second-order valence-electron chi connectivity index (χ2n) is 5.56.